The van der Waals surface area contributed by atoms with E-state index in [1.165, 1.54) is 31.3 Å². The second kappa shape index (κ2) is 6.62. The fraction of sp³-hybridized carbons (Fsp3) is 0.133. The number of alkyl halides is 3. The third-order valence-corrected chi connectivity index (χ3v) is 4.56. The average molecular weight is 358 g/mol. The number of amides is 1. The summed E-state index contributed by atoms with van der Waals surface area (Å²) < 4.78 is 63.0. The Labute approximate surface area is 136 Å². The number of sulfonamides is 1. The zero-order valence-electron chi connectivity index (χ0n) is 12.4. The molecule has 9 heteroatoms. The molecule has 0 fully saturated rings. The van der Waals surface area contributed by atoms with Crippen LogP contribution >= 0.6 is 0 Å². The molecule has 0 saturated heterocycles. The van der Waals surface area contributed by atoms with Gasteiger partial charge in [-0.2, -0.15) is 13.2 Å². The topological polar surface area (TPSA) is 75.3 Å². The molecule has 1 amide bonds. The van der Waals surface area contributed by atoms with E-state index in [0.717, 1.165) is 24.3 Å². The Morgan fingerprint density at radius 1 is 1.04 bits per heavy atom. The van der Waals surface area contributed by atoms with Gasteiger partial charge in [-0.25, -0.2) is 13.1 Å². The number of hydrogen-bond acceptors (Lipinski definition) is 3. The number of hydrogen-bond donors (Lipinski definition) is 2. The molecule has 0 saturated carbocycles. The van der Waals surface area contributed by atoms with Crippen LogP contribution in [0.25, 0.3) is 0 Å². The Morgan fingerprint density at radius 2 is 1.67 bits per heavy atom. The molecular formula is C15H13F3N2O3S. The molecule has 0 aliphatic carbocycles. The van der Waals surface area contributed by atoms with Crippen LogP contribution in [0.1, 0.15) is 15.9 Å². The van der Waals surface area contributed by atoms with Crippen LogP contribution in [0.3, 0.4) is 0 Å². The highest BCUT2D eigenvalue weighted by molar-refractivity contribution is 7.89. The Kier molecular flexibility index (Phi) is 4.95. The van der Waals surface area contributed by atoms with Crippen LogP contribution in [-0.2, 0) is 16.2 Å². The van der Waals surface area contributed by atoms with Crippen molar-refractivity contribution in [1.82, 2.24) is 4.72 Å². The van der Waals surface area contributed by atoms with Crippen molar-refractivity contribution in [3.05, 3.63) is 59.7 Å². The third kappa shape index (κ3) is 4.12. The number of rotatable bonds is 4. The van der Waals surface area contributed by atoms with Gasteiger partial charge in [-0.3, -0.25) is 4.79 Å². The number of anilines is 1. The predicted molar refractivity (Wildman–Crippen MR) is 82.1 cm³/mol. The molecule has 0 unspecified atom stereocenters. The summed E-state index contributed by atoms with van der Waals surface area (Å²) >= 11 is 0. The van der Waals surface area contributed by atoms with Crippen LogP contribution in [-0.4, -0.2) is 21.4 Å². The van der Waals surface area contributed by atoms with Crippen molar-refractivity contribution in [2.24, 2.45) is 0 Å². The first-order valence-corrected chi connectivity index (χ1v) is 8.14. The molecular weight excluding hydrogens is 345 g/mol. The summed E-state index contributed by atoms with van der Waals surface area (Å²) in [6.07, 6.45) is -4.46. The maximum absolute atomic E-state index is 12.5. The number of carbonyl (C=O) groups excluding carboxylic acids is 1. The average Bonchev–Trinajstić information content (AvgIpc) is 2.54. The van der Waals surface area contributed by atoms with E-state index in [9.17, 15) is 26.4 Å². The molecule has 0 bridgehead atoms. The van der Waals surface area contributed by atoms with Gasteiger partial charge in [-0.05, 0) is 49.5 Å². The Morgan fingerprint density at radius 3 is 2.21 bits per heavy atom. The minimum atomic E-state index is -4.46. The minimum Gasteiger partial charge on any atom is -0.322 e. The molecule has 0 aliphatic rings. The quantitative estimate of drug-likeness (QED) is 0.883. The Hall–Kier alpha value is -2.39. The molecule has 0 atom stereocenters. The highest BCUT2D eigenvalue weighted by atomic mass is 32.2. The van der Waals surface area contributed by atoms with Crippen molar-refractivity contribution in [1.29, 1.82) is 0 Å². The summed E-state index contributed by atoms with van der Waals surface area (Å²) in [4.78, 5) is 12.0. The Bertz CT molecular complexity index is 847. The summed E-state index contributed by atoms with van der Waals surface area (Å²) in [5, 5.41) is 2.41. The predicted octanol–water partition coefficient (Wildman–Crippen LogP) is 2.87. The largest absolute Gasteiger partial charge is 0.416 e. The summed E-state index contributed by atoms with van der Waals surface area (Å²) in [6, 6.07) is 9.21. The maximum atomic E-state index is 12.5. The van der Waals surface area contributed by atoms with Crippen molar-refractivity contribution in [2.45, 2.75) is 11.1 Å². The second-order valence-corrected chi connectivity index (χ2v) is 6.65. The van der Waals surface area contributed by atoms with Gasteiger partial charge in [0, 0.05) is 11.3 Å². The highest BCUT2D eigenvalue weighted by Gasteiger charge is 2.30. The van der Waals surface area contributed by atoms with Crippen LogP contribution < -0.4 is 10.0 Å². The fourth-order valence-corrected chi connectivity index (χ4v) is 2.64. The van der Waals surface area contributed by atoms with Gasteiger partial charge < -0.3 is 5.32 Å². The van der Waals surface area contributed by atoms with E-state index in [4.69, 9.17) is 0 Å². The van der Waals surface area contributed by atoms with E-state index < -0.39 is 27.7 Å². The monoisotopic (exact) mass is 358 g/mol. The number of nitrogens with one attached hydrogen (secondary N) is 2. The first-order valence-electron chi connectivity index (χ1n) is 6.66. The molecule has 0 aromatic heterocycles. The second-order valence-electron chi connectivity index (χ2n) is 4.76. The lowest BCUT2D eigenvalue weighted by atomic mass is 10.2. The van der Waals surface area contributed by atoms with E-state index in [1.807, 2.05) is 0 Å². The van der Waals surface area contributed by atoms with Crippen LogP contribution in [0, 0.1) is 0 Å². The molecule has 128 valence electrons. The van der Waals surface area contributed by atoms with E-state index >= 15 is 0 Å². The van der Waals surface area contributed by atoms with Crippen LogP contribution in [0.15, 0.2) is 53.4 Å². The van der Waals surface area contributed by atoms with Crippen molar-refractivity contribution in [3.63, 3.8) is 0 Å². The summed E-state index contributed by atoms with van der Waals surface area (Å²) in [7, 11) is -2.46. The number of halogens is 3. The minimum absolute atomic E-state index is 0.0613. The number of carbonyl (C=O) groups is 1. The standard InChI is InChI=1S/C15H13F3N2O3S/c1-19-24(22,23)13-4-2-3-10(9-13)14(21)20-12-7-5-11(6-8-12)15(16,17)18/h2-9,19H,1H3,(H,20,21). The van der Waals surface area contributed by atoms with Gasteiger partial charge >= 0.3 is 6.18 Å². The lowest BCUT2D eigenvalue weighted by Gasteiger charge is -2.09. The molecule has 0 aliphatic heterocycles. The molecule has 24 heavy (non-hydrogen) atoms. The highest BCUT2D eigenvalue weighted by Crippen LogP contribution is 2.29. The third-order valence-electron chi connectivity index (χ3n) is 3.15. The van der Waals surface area contributed by atoms with Gasteiger partial charge in [0.1, 0.15) is 0 Å². The van der Waals surface area contributed by atoms with Crippen molar-refractivity contribution >= 4 is 21.6 Å². The molecule has 0 spiro atoms. The van der Waals surface area contributed by atoms with E-state index in [0.29, 0.717) is 0 Å². The summed E-state index contributed by atoms with van der Waals surface area (Å²) in [5.74, 6) is -0.636. The van der Waals surface area contributed by atoms with Gasteiger partial charge in [-0.1, -0.05) is 6.07 Å². The van der Waals surface area contributed by atoms with Gasteiger partial charge in [0.25, 0.3) is 5.91 Å². The fourth-order valence-electron chi connectivity index (χ4n) is 1.87. The van der Waals surface area contributed by atoms with E-state index in [-0.39, 0.29) is 16.1 Å². The van der Waals surface area contributed by atoms with Crippen LogP contribution in [0.2, 0.25) is 0 Å². The summed E-state index contributed by atoms with van der Waals surface area (Å²) in [6.45, 7) is 0. The van der Waals surface area contributed by atoms with E-state index in [2.05, 4.69) is 10.0 Å². The zero-order valence-corrected chi connectivity index (χ0v) is 13.2. The van der Waals surface area contributed by atoms with Gasteiger partial charge in [0.15, 0.2) is 0 Å². The SMILES string of the molecule is CNS(=O)(=O)c1cccc(C(=O)Nc2ccc(C(F)(F)F)cc2)c1. The van der Waals surface area contributed by atoms with Gasteiger partial charge in [0.2, 0.25) is 10.0 Å². The van der Waals surface area contributed by atoms with Crippen molar-refractivity contribution in [3.8, 4) is 0 Å². The lowest BCUT2D eigenvalue weighted by molar-refractivity contribution is -0.137. The maximum Gasteiger partial charge on any atom is 0.416 e. The first-order chi connectivity index (χ1) is 11.1. The Balaban J connectivity index is 2.20. The molecule has 0 heterocycles. The molecule has 2 aromatic rings. The van der Waals surface area contributed by atoms with Gasteiger partial charge in [0.05, 0.1) is 10.5 Å². The van der Waals surface area contributed by atoms with Crippen LogP contribution in [0.4, 0.5) is 18.9 Å². The molecule has 2 aromatic carbocycles. The van der Waals surface area contributed by atoms with E-state index in [1.54, 1.807) is 0 Å². The summed E-state index contributed by atoms with van der Waals surface area (Å²) in [5.41, 5.74) is -0.608. The van der Waals surface area contributed by atoms with Crippen molar-refractivity contribution in [2.75, 3.05) is 12.4 Å². The molecule has 0 radical (unpaired) electrons. The first kappa shape index (κ1) is 18.0. The van der Waals surface area contributed by atoms with Crippen molar-refractivity contribution < 1.29 is 26.4 Å². The normalized spacial score (nSPS) is 12.0. The molecule has 2 rings (SSSR count). The zero-order chi connectivity index (χ0) is 18.0. The number of benzene rings is 2. The lowest BCUT2D eigenvalue weighted by Crippen LogP contribution is -2.19. The van der Waals surface area contributed by atoms with Gasteiger partial charge in [-0.15, -0.1) is 0 Å². The van der Waals surface area contributed by atoms with Crippen LogP contribution in [0.5, 0.6) is 0 Å². The smallest absolute Gasteiger partial charge is 0.322 e. The molecule has 5 nitrogen and oxygen atoms in total. The molecule has 2 N–H and O–H groups in total.